The predicted octanol–water partition coefficient (Wildman–Crippen LogP) is 1.88. The second kappa shape index (κ2) is 4.97. The molecule has 2 aromatic rings. The van der Waals surface area contributed by atoms with Crippen LogP contribution in [0.25, 0.3) is 0 Å². The van der Waals surface area contributed by atoms with Crippen molar-refractivity contribution in [2.24, 2.45) is 0 Å². The predicted molar refractivity (Wildman–Crippen MR) is 64.8 cm³/mol. The highest BCUT2D eigenvalue weighted by Gasteiger charge is 2.08. The number of pyridine rings is 1. The van der Waals surface area contributed by atoms with E-state index < -0.39 is 0 Å². The molecule has 1 amide bonds. The standard InChI is InChI=1S/C11H11ClN4O/c1-8-3-2-4-13-10(8)15-9(17)7-16-6-5-14-11(16)12/h2-6H,7H2,1H3,(H,13,15,17). The number of aromatic nitrogens is 3. The van der Waals surface area contributed by atoms with Gasteiger partial charge in [0.05, 0.1) is 0 Å². The van der Waals surface area contributed by atoms with Gasteiger partial charge >= 0.3 is 0 Å². The summed E-state index contributed by atoms with van der Waals surface area (Å²) in [5, 5.41) is 3.01. The fourth-order valence-electron chi connectivity index (χ4n) is 1.37. The van der Waals surface area contributed by atoms with Gasteiger partial charge in [-0.3, -0.25) is 4.79 Å². The van der Waals surface area contributed by atoms with Gasteiger partial charge in [-0.2, -0.15) is 0 Å². The SMILES string of the molecule is Cc1cccnc1NC(=O)Cn1ccnc1Cl. The first kappa shape index (κ1) is 11.6. The lowest BCUT2D eigenvalue weighted by atomic mass is 10.3. The molecular formula is C11H11ClN4O. The number of nitrogens with one attached hydrogen (secondary N) is 1. The Hall–Kier alpha value is -1.88. The van der Waals surface area contributed by atoms with Gasteiger partial charge in [-0.1, -0.05) is 6.07 Å². The van der Waals surface area contributed by atoms with Gasteiger partial charge in [0.25, 0.3) is 0 Å². The number of nitrogens with zero attached hydrogens (tertiary/aromatic N) is 3. The average molecular weight is 251 g/mol. The average Bonchev–Trinajstić information content (AvgIpc) is 2.68. The molecule has 2 rings (SSSR count). The van der Waals surface area contributed by atoms with Crippen molar-refractivity contribution < 1.29 is 4.79 Å². The number of carbonyl (C=O) groups excluding carboxylic acids is 1. The molecule has 2 heterocycles. The summed E-state index contributed by atoms with van der Waals surface area (Å²) in [6, 6.07) is 3.70. The Morgan fingerprint density at radius 1 is 1.47 bits per heavy atom. The third-order valence-electron chi connectivity index (χ3n) is 2.25. The summed E-state index contributed by atoms with van der Waals surface area (Å²) in [7, 11) is 0. The molecule has 1 N–H and O–H groups in total. The minimum absolute atomic E-state index is 0.120. The normalized spacial score (nSPS) is 10.2. The van der Waals surface area contributed by atoms with E-state index in [0.717, 1.165) is 5.56 Å². The van der Waals surface area contributed by atoms with Crippen LogP contribution in [0.4, 0.5) is 5.82 Å². The van der Waals surface area contributed by atoms with Gasteiger partial charge in [0.2, 0.25) is 11.2 Å². The molecule has 88 valence electrons. The number of rotatable bonds is 3. The van der Waals surface area contributed by atoms with Crippen molar-refractivity contribution >= 4 is 23.3 Å². The summed E-state index contributed by atoms with van der Waals surface area (Å²) in [5.74, 6) is 0.375. The Morgan fingerprint density at radius 2 is 2.29 bits per heavy atom. The van der Waals surface area contributed by atoms with Crippen LogP contribution in [0.2, 0.25) is 5.28 Å². The first-order chi connectivity index (χ1) is 8.16. The van der Waals surface area contributed by atoms with E-state index in [1.165, 1.54) is 0 Å². The van der Waals surface area contributed by atoms with Gasteiger partial charge in [-0.25, -0.2) is 9.97 Å². The molecule has 6 heteroatoms. The fraction of sp³-hybridized carbons (Fsp3) is 0.182. The van der Waals surface area contributed by atoms with Crippen LogP contribution in [0.3, 0.4) is 0 Å². The molecule has 0 aliphatic rings. The molecule has 0 radical (unpaired) electrons. The van der Waals surface area contributed by atoms with Crippen molar-refractivity contribution in [2.45, 2.75) is 13.5 Å². The Balaban J connectivity index is 2.03. The number of amides is 1. The number of anilines is 1. The molecule has 17 heavy (non-hydrogen) atoms. The van der Waals surface area contributed by atoms with Crippen LogP contribution < -0.4 is 5.32 Å². The van der Waals surface area contributed by atoms with E-state index in [0.29, 0.717) is 5.82 Å². The third kappa shape index (κ3) is 2.82. The zero-order valence-corrected chi connectivity index (χ0v) is 9.98. The molecular weight excluding hydrogens is 240 g/mol. The fourth-order valence-corrected chi connectivity index (χ4v) is 1.54. The zero-order chi connectivity index (χ0) is 12.3. The lowest BCUT2D eigenvalue weighted by Crippen LogP contribution is -2.19. The number of imidazole rings is 1. The van der Waals surface area contributed by atoms with Crippen molar-refractivity contribution in [1.29, 1.82) is 0 Å². The molecule has 0 atom stereocenters. The molecule has 0 saturated carbocycles. The third-order valence-corrected chi connectivity index (χ3v) is 2.56. The number of aryl methyl sites for hydroxylation is 1. The van der Waals surface area contributed by atoms with Crippen molar-refractivity contribution in [3.8, 4) is 0 Å². The van der Waals surface area contributed by atoms with Gasteiger partial charge in [0, 0.05) is 18.6 Å². The molecule has 0 aliphatic carbocycles. The maximum atomic E-state index is 11.7. The zero-order valence-electron chi connectivity index (χ0n) is 9.22. The summed E-state index contributed by atoms with van der Waals surface area (Å²) in [5.41, 5.74) is 0.914. The van der Waals surface area contributed by atoms with Crippen LogP contribution in [0.5, 0.6) is 0 Å². The lowest BCUT2D eigenvalue weighted by Gasteiger charge is -2.07. The monoisotopic (exact) mass is 250 g/mol. The summed E-state index contributed by atoms with van der Waals surface area (Å²) >= 11 is 5.77. The molecule has 2 aromatic heterocycles. The number of carbonyl (C=O) groups is 1. The highest BCUT2D eigenvalue weighted by Crippen LogP contribution is 2.10. The van der Waals surface area contributed by atoms with Crippen molar-refractivity contribution in [1.82, 2.24) is 14.5 Å². The van der Waals surface area contributed by atoms with Gasteiger partial charge in [0.15, 0.2) is 0 Å². The second-order valence-corrected chi connectivity index (χ2v) is 3.88. The van der Waals surface area contributed by atoms with Crippen LogP contribution >= 0.6 is 11.6 Å². The second-order valence-electron chi connectivity index (χ2n) is 3.54. The molecule has 0 fully saturated rings. The molecule has 5 nitrogen and oxygen atoms in total. The highest BCUT2D eigenvalue weighted by molar-refractivity contribution is 6.28. The summed E-state index contributed by atoms with van der Waals surface area (Å²) in [6.07, 6.45) is 4.82. The topological polar surface area (TPSA) is 59.8 Å². The maximum absolute atomic E-state index is 11.7. The van der Waals surface area contributed by atoms with Crippen LogP contribution in [0.1, 0.15) is 5.56 Å². The quantitative estimate of drug-likeness (QED) is 0.905. The van der Waals surface area contributed by atoms with E-state index in [1.807, 2.05) is 19.1 Å². The first-order valence-corrected chi connectivity index (χ1v) is 5.42. The molecule has 0 saturated heterocycles. The van der Waals surface area contributed by atoms with Crippen LogP contribution in [0.15, 0.2) is 30.7 Å². The Kier molecular flexibility index (Phi) is 3.39. The van der Waals surface area contributed by atoms with Crippen molar-refractivity contribution in [3.63, 3.8) is 0 Å². The van der Waals surface area contributed by atoms with E-state index in [4.69, 9.17) is 11.6 Å². The van der Waals surface area contributed by atoms with E-state index in [9.17, 15) is 4.79 Å². The van der Waals surface area contributed by atoms with Crippen molar-refractivity contribution in [3.05, 3.63) is 41.6 Å². The summed E-state index contributed by atoms with van der Waals surface area (Å²) < 4.78 is 1.55. The Labute approximate surface area is 103 Å². The van der Waals surface area contributed by atoms with Crippen LogP contribution in [0, 0.1) is 6.92 Å². The Morgan fingerprint density at radius 3 is 2.94 bits per heavy atom. The lowest BCUT2D eigenvalue weighted by molar-refractivity contribution is -0.116. The van der Waals surface area contributed by atoms with Gasteiger partial charge < -0.3 is 9.88 Å². The van der Waals surface area contributed by atoms with Gasteiger partial charge in [-0.15, -0.1) is 0 Å². The van der Waals surface area contributed by atoms with E-state index in [2.05, 4.69) is 15.3 Å². The summed E-state index contributed by atoms with van der Waals surface area (Å²) in [4.78, 5) is 19.6. The minimum Gasteiger partial charge on any atom is -0.312 e. The number of halogens is 1. The first-order valence-electron chi connectivity index (χ1n) is 5.05. The van der Waals surface area contributed by atoms with Crippen molar-refractivity contribution in [2.75, 3.05) is 5.32 Å². The van der Waals surface area contributed by atoms with Gasteiger partial charge in [0.1, 0.15) is 12.4 Å². The molecule has 0 unspecified atom stereocenters. The molecule has 0 aliphatic heterocycles. The van der Waals surface area contributed by atoms with Crippen LogP contribution in [-0.4, -0.2) is 20.4 Å². The van der Waals surface area contributed by atoms with E-state index >= 15 is 0 Å². The largest absolute Gasteiger partial charge is 0.312 e. The van der Waals surface area contributed by atoms with Gasteiger partial charge in [-0.05, 0) is 30.2 Å². The molecule has 0 aromatic carbocycles. The maximum Gasteiger partial charge on any atom is 0.245 e. The van der Waals surface area contributed by atoms with E-state index in [-0.39, 0.29) is 17.7 Å². The molecule has 0 spiro atoms. The number of hydrogen-bond acceptors (Lipinski definition) is 3. The van der Waals surface area contributed by atoms with E-state index in [1.54, 1.807) is 23.2 Å². The molecule has 0 bridgehead atoms. The Bertz CT molecular complexity index is 538. The number of hydrogen-bond donors (Lipinski definition) is 1. The summed E-state index contributed by atoms with van der Waals surface area (Å²) in [6.45, 7) is 2.00. The highest BCUT2D eigenvalue weighted by atomic mass is 35.5. The smallest absolute Gasteiger partial charge is 0.245 e. The minimum atomic E-state index is -0.188. The van der Waals surface area contributed by atoms with Crippen LogP contribution in [-0.2, 0) is 11.3 Å².